The molecule has 0 N–H and O–H groups in total. The number of carbonyl (C=O) groups is 1. The van der Waals surface area contributed by atoms with Crippen molar-refractivity contribution in [2.24, 2.45) is 29.6 Å². The van der Waals surface area contributed by atoms with Crippen LogP contribution in [0.15, 0.2) is 24.8 Å². The van der Waals surface area contributed by atoms with E-state index in [0.29, 0.717) is 6.04 Å². The number of hydrogen-bond donors (Lipinski definition) is 0. The third-order valence-corrected chi connectivity index (χ3v) is 9.06. The molecule has 3 saturated carbocycles. The van der Waals surface area contributed by atoms with Gasteiger partial charge in [0.15, 0.2) is 0 Å². The topological polar surface area (TPSA) is 20.3 Å². The number of nitrogens with zero attached hydrogens (tertiary/aromatic N) is 1. The minimum atomic E-state index is 0.0701. The van der Waals surface area contributed by atoms with E-state index in [1.807, 2.05) is 11.9 Å². The molecule has 0 heterocycles. The Morgan fingerprint density at radius 2 is 1.32 bits per heavy atom. The molecule has 2 nitrogen and oxygen atoms in total. The average Bonchev–Trinajstić information content (AvgIpc) is 2.83. The normalized spacial score (nSPS) is 34.5. The van der Waals surface area contributed by atoms with Crippen LogP contribution in [-0.4, -0.2) is 23.9 Å². The molecule has 0 atom stereocenters. The van der Waals surface area contributed by atoms with E-state index in [4.69, 9.17) is 0 Å². The molecule has 0 aromatic heterocycles. The summed E-state index contributed by atoms with van der Waals surface area (Å²) in [5.41, 5.74) is 0. The van der Waals surface area contributed by atoms with E-state index in [1.165, 1.54) is 96.0 Å². The number of rotatable bonds is 9. The van der Waals surface area contributed by atoms with Crippen molar-refractivity contribution in [1.29, 1.82) is 0 Å². The fraction of sp³-hybridized carbons (Fsp3) is 0.828. The predicted octanol–water partition coefficient (Wildman–Crippen LogP) is 7.94. The van der Waals surface area contributed by atoms with Crippen LogP contribution in [0.3, 0.4) is 0 Å². The Kier molecular flexibility index (Phi) is 10.2. The minimum absolute atomic E-state index is 0.0701. The average molecular weight is 428 g/mol. The quantitative estimate of drug-likeness (QED) is 0.208. The van der Waals surface area contributed by atoms with Crippen molar-refractivity contribution in [3.63, 3.8) is 0 Å². The van der Waals surface area contributed by atoms with Crippen molar-refractivity contribution in [3.05, 3.63) is 24.8 Å². The summed E-state index contributed by atoms with van der Waals surface area (Å²) in [5.74, 6) is 4.73. The zero-order valence-corrected chi connectivity index (χ0v) is 20.6. The number of amides is 1. The molecular weight excluding hydrogens is 378 g/mol. The predicted molar refractivity (Wildman–Crippen MR) is 133 cm³/mol. The maximum atomic E-state index is 11.8. The van der Waals surface area contributed by atoms with Gasteiger partial charge in [-0.2, -0.15) is 0 Å². The number of carbonyl (C=O) groups excluding carboxylic acids is 1. The van der Waals surface area contributed by atoms with Crippen LogP contribution in [-0.2, 0) is 4.79 Å². The van der Waals surface area contributed by atoms with Gasteiger partial charge in [-0.1, -0.05) is 64.2 Å². The van der Waals surface area contributed by atoms with Crippen LogP contribution < -0.4 is 0 Å². The number of hydrogen-bond acceptors (Lipinski definition) is 1. The Balaban J connectivity index is 1.31. The standard InChI is InChI=1S/C29H49NO/c1-4-6-7-8-23-11-17-26(18-12-23)27-19-13-24(14-20-27)9-10-25-15-21-28(22-16-25)30(3)29(31)5-2/h5,9-10,23-28H,2,4,6-8,11-22H2,1,3H3/b10-9+. The first kappa shape index (κ1) is 24.6. The second-order valence-corrected chi connectivity index (χ2v) is 11.1. The third kappa shape index (κ3) is 7.50. The highest BCUT2D eigenvalue weighted by Crippen LogP contribution is 2.42. The van der Waals surface area contributed by atoms with E-state index in [9.17, 15) is 4.79 Å². The molecule has 0 saturated heterocycles. The molecule has 176 valence electrons. The van der Waals surface area contributed by atoms with Gasteiger partial charge in [0.1, 0.15) is 0 Å². The van der Waals surface area contributed by atoms with E-state index >= 15 is 0 Å². The Morgan fingerprint density at radius 1 is 0.806 bits per heavy atom. The molecule has 3 rings (SSSR count). The molecule has 3 aliphatic rings. The molecule has 0 aromatic carbocycles. The van der Waals surface area contributed by atoms with E-state index in [-0.39, 0.29) is 5.91 Å². The first-order valence-corrected chi connectivity index (χ1v) is 13.7. The smallest absolute Gasteiger partial charge is 0.245 e. The zero-order chi connectivity index (χ0) is 22.1. The van der Waals surface area contributed by atoms with Gasteiger partial charge in [0, 0.05) is 13.1 Å². The van der Waals surface area contributed by atoms with Crippen molar-refractivity contribution in [2.75, 3.05) is 7.05 Å². The molecule has 3 aliphatic carbocycles. The second-order valence-electron chi connectivity index (χ2n) is 11.1. The first-order chi connectivity index (χ1) is 15.1. The van der Waals surface area contributed by atoms with E-state index in [0.717, 1.165) is 42.4 Å². The van der Waals surface area contributed by atoms with Gasteiger partial charge < -0.3 is 4.90 Å². The Hall–Kier alpha value is -1.05. The molecule has 0 spiro atoms. The Bertz CT molecular complexity index is 557. The van der Waals surface area contributed by atoms with Crippen molar-refractivity contribution < 1.29 is 4.79 Å². The summed E-state index contributed by atoms with van der Waals surface area (Å²) in [7, 11) is 1.93. The van der Waals surface area contributed by atoms with Gasteiger partial charge in [0.2, 0.25) is 5.91 Å². The molecule has 3 fully saturated rings. The summed E-state index contributed by atoms with van der Waals surface area (Å²) >= 11 is 0. The Labute approximate surface area is 192 Å². The molecular formula is C29H49NO. The lowest BCUT2D eigenvalue weighted by molar-refractivity contribution is -0.127. The van der Waals surface area contributed by atoms with E-state index < -0.39 is 0 Å². The highest BCUT2D eigenvalue weighted by atomic mass is 16.2. The minimum Gasteiger partial charge on any atom is -0.339 e. The van der Waals surface area contributed by atoms with Crippen LogP contribution in [0.5, 0.6) is 0 Å². The van der Waals surface area contributed by atoms with Gasteiger partial charge in [-0.25, -0.2) is 0 Å². The Morgan fingerprint density at radius 3 is 1.84 bits per heavy atom. The lowest BCUT2D eigenvalue weighted by atomic mass is 9.68. The van der Waals surface area contributed by atoms with Gasteiger partial charge >= 0.3 is 0 Å². The van der Waals surface area contributed by atoms with E-state index in [2.05, 4.69) is 25.7 Å². The van der Waals surface area contributed by atoms with Crippen LogP contribution in [0.2, 0.25) is 0 Å². The summed E-state index contributed by atoms with van der Waals surface area (Å²) in [6, 6.07) is 0.410. The van der Waals surface area contributed by atoms with Crippen LogP contribution in [0.1, 0.15) is 110 Å². The number of allylic oxidation sites excluding steroid dienone is 2. The van der Waals surface area contributed by atoms with Gasteiger partial charge in [-0.05, 0) is 99.9 Å². The third-order valence-electron chi connectivity index (χ3n) is 9.06. The van der Waals surface area contributed by atoms with Crippen LogP contribution >= 0.6 is 0 Å². The maximum absolute atomic E-state index is 11.8. The van der Waals surface area contributed by atoms with Gasteiger partial charge in [-0.15, -0.1) is 0 Å². The molecule has 2 heteroatoms. The monoisotopic (exact) mass is 427 g/mol. The van der Waals surface area contributed by atoms with Gasteiger partial charge in [0.25, 0.3) is 0 Å². The maximum Gasteiger partial charge on any atom is 0.245 e. The molecule has 0 bridgehead atoms. The largest absolute Gasteiger partial charge is 0.339 e. The fourth-order valence-corrected chi connectivity index (χ4v) is 6.76. The fourth-order valence-electron chi connectivity index (χ4n) is 6.76. The summed E-state index contributed by atoms with van der Waals surface area (Å²) < 4.78 is 0. The number of likely N-dealkylation sites (N-methyl/N-ethyl adjacent to an activating group) is 1. The van der Waals surface area contributed by atoms with E-state index in [1.54, 1.807) is 0 Å². The summed E-state index contributed by atoms with van der Waals surface area (Å²) in [6.45, 7) is 5.94. The first-order valence-electron chi connectivity index (χ1n) is 13.7. The highest BCUT2D eigenvalue weighted by molar-refractivity contribution is 5.87. The number of unbranched alkanes of at least 4 members (excludes halogenated alkanes) is 2. The van der Waals surface area contributed by atoms with Crippen LogP contribution in [0.4, 0.5) is 0 Å². The van der Waals surface area contributed by atoms with Crippen molar-refractivity contribution in [3.8, 4) is 0 Å². The van der Waals surface area contributed by atoms with Crippen molar-refractivity contribution in [1.82, 2.24) is 4.90 Å². The summed E-state index contributed by atoms with van der Waals surface area (Å²) in [4.78, 5) is 13.7. The summed E-state index contributed by atoms with van der Waals surface area (Å²) in [5, 5.41) is 0. The van der Waals surface area contributed by atoms with Crippen LogP contribution in [0, 0.1) is 29.6 Å². The molecule has 31 heavy (non-hydrogen) atoms. The van der Waals surface area contributed by atoms with Crippen molar-refractivity contribution in [2.45, 2.75) is 116 Å². The highest BCUT2D eigenvalue weighted by Gasteiger charge is 2.30. The van der Waals surface area contributed by atoms with Gasteiger partial charge in [0.05, 0.1) is 0 Å². The molecule has 0 aromatic rings. The lowest BCUT2D eigenvalue weighted by Gasteiger charge is -2.37. The molecule has 1 amide bonds. The lowest BCUT2D eigenvalue weighted by Crippen LogP contribution is -2.38. The molecule has 0 radical (unpaired) electrons. The summed E-state index contributed by atoms with van der Waals surface area (Å²) in [6.07, 6.45) is 28.9. The molecule has 0 aliphatic heterocycles. The van der Waals surface area contributed by atoms with Crippen LogP contribution in [0.25, 0.3) is 0 Å². The second kappa shape index (κ2) is 12.9. The molecule has 0 unspecified atom stereocenters. The zero-order valence-electron chi connectivity index (χ0n) is 20.6. The van der Waals surface area contributed by atoms with Gasteiger partial charge in [-0.3, -0.25) is 4.79 Å². The SMILES string of the molecule is C=CC(=O)N(C)C1CCC(/C=C/C2CCC(C3CCC(CCCCC)CC3)CC2)CC1. The van der Waals surface area contributed by atoms with Crippen molar-refractivity contribution >= 4 is 5.91 Å².